The fourth-order valence-electron chi connectivity index (χ4n) is 3.25. The van der Waals surface area contributed by atoms with Gasteiger partial charge in [-0.3, -0.25) is 4.90 Å². The molecule has 1 aliphatic rings. The molecular weight excluding hydrogens is 360 g/mol. The maximum absolute atomic E-state index is 6.01. The summed E-state index contributed by atoms with van der Waals surface area (Å²) in [7, 11) is 0. The normalized spacial score (nSPS) is 15.1. The zero-order valence-electron chi connectivity index (χ0n) is 15.2. The summed E-state index contributed by atoms with van der Waals surface area (Å²) in [5.41, 5.74) is 3.95. The molecule has 0 saturated carbocycles. The van der Waals surface area contributed by atoms with Gasteiger partial charge in [-0.25, -0.2) is 9.97 Å². The monoisotopic (exact) mass is 382 g/mol. The van der Waals surface area contributed by atoms with Crippen LogP contribution in [0.1, 0.15) is 11.3 Å². The summed E-state index contributed by atoms with van der Waals surface area (Å²) in [6, 6.07) is 15.9. The quantitative estimate of drug-likeness (QED) is 0.705. The van der Waals surface area contributed by atoms with Crippen LogP contribution in [0.25, 0.3) is 11.0 Å². The van der Waals surface area contributed by atoms with Gasteiger partial charge in [0.15, 0.2) is 0 Å². The van der Waals surface area contributed by atoms with Crippen molar-refractivity contribution in [2.75, 3.05) is 44.7 Å². The van der Waals surface area contributed by atoms with Crippen LogP contribution in [0, 0.1) is 0 Å². The van der Waals surface area contributed by atoms with E-state index in [-0.39, 0.29) is 0 Å². The first-order chi connectivity index (χ1) is 13.3. The first-order valence-corrected chi connectivity index (χ1v) is 9.70. The average molecular weight is 383 g/mol. The minimum Gasteiger partial charge on any atom is -0.379 e. The number of nitrogens with zero attached hydrogens (tertiary/aromatic N) is 3. The van der Waals surface area contributed by atoms with Crippen LogP contribution in [0.2, 0.25) is 5.02 Å². The number of aromatic nitrogens is 2. The first-order valence-electron chi connectivity index (χ1n) is 9.32. The lowest BCUT2D eigenvalue weighted by Crippen LogP contribution is -2.39. The highest BCUT2D eigenvalue weighted by Gasteiger charge is 2.12. The van der Waals surface area contributed by atoms with E-state index in [0.717, 1.165) is 73.4 Å². The van der Waals surface area contributed by atoms with Crippen LogP contribution in [0.5, 0.6) is 0 Å². The van der Waals surface area contributed by atoms with Crippen LogP contribution in [0.15, 0.2) is 48.5 Å². The predicted molar refractivity (Wildman–Crippen MR) is 110 cm³/mol. The predicted octanol–water partition coefficient (Wildman–Crippen LogP) is 3.62. The minimum absolute atomic E-state index is 0.717. The Bertz CT molecular complexity index is 894. The summed E-state index contributed by atoms with van der Waals surface area (Å²) in [6.45, 7) is 5.42. The molecule has 2 heterocycles. The third-order valence-electron chi connectivity index (χ3n) is 4.75. The van der Waals surface area contributed by atoms with Crippen molar-refractivity contribution in [1.82, 2.24) is 14.9 Å². The molecule has 27 heavy (non-hydrogen) atoms. The van der Waals surface area contributed by atoms with Gasteiger partial charge >= 0.3 is 0 Å². The van der Waals surface area contributed by atoms with E-state index in [1.54, 1.807) is 0 Å². The van der Waals surface area contributed by atoms with Crippen LogP contribution in [0.3, 0.4) is 0 Å². The zero-order chi connectivity index (χ0) is 18.5. The molecular formula is C21H23ClN4O. The largest absolute Gasteiger partial charge is 0.379 e. The lowest BCUT2D eigenvalue weighted by molar-refractivity contribution is 0.0398. The van der Waals surface area contributed by atoms with Crippen molar-refractivity contribution in [3.8, 4) is 0 Å². The van der Waals surface area contributed by atoms with Crippen molar-refractivity contribution in [3.05, 3.63) is 64.8 Å². The van der Waals surface area contributed by atoms with Crippen molar-refractivity contribution < 1.29 is 4.74 Å². The van der Waals surface area contributed by atoms with E-state index in [2.05, 4.69) is 10.2 Å². The van der Waals surface area contributed by atoms with E-state index < -0.39 is 0 Å². The van der Waals surface area contributed by atoms with Crippen molar-refractivity contribution in [2.24, 2.45) is 0 Å². The van der Waals surface area contributed by atoms with E-state index in [9.17, 15) is 0 Å². The van der Waals surface area contributed by atoms with Gasteiger partial charge in [-0.2, -0.15) is 0 Å². The Balaban J connectivity index is 1.53. The second kappa shape index (κ2) is 8.65. The minimum atomic E-state index is 0.717. The second-order valence-corrected chi connectivity index (χ2v) is 7.13. The molecule has 140 valence electrons. The molecule has 0 unspecified atom stereocenters. The number of nitrogens with one attached hydrogen (secondary N) is 1. The molecule has 0 amide bonds. The molecule has 3 aromatic rings. The summed E-state index contributed by atoms with van der Waals surface area (Å²) >= 11 is 6.01. The fraction of sp³-hybridized carbons (Fsp3) is 0.333. The van der Waals surface area contributed by atoms with E-state index >= 15 is 0 Å². The Hall–Kier alpha value is -2.21. The summed E-state index contributed by atoms with van der Waals surface area (Å²) < 4.78 is 5.41. The van der Waals surface area contributed by atoms with Gasteiger partial charge in [-0.15, -0.1) is 0 Å². The zero-order valence-corrected chi connectivity index (χ0v) is 16.0. The number of hydrogen-bond donors (Lipinski definition) is 1. The summed E-state index contributed by atoms with van der Waals surface area (Å²) in [5, 5.41) is 4.24. The van der Waals surface area contributed by atoms with Gasteiger partial charge in [0.2, 0.25) is 0 Å². The number of anilines is 1. The molecule has 0 bridgehead atoms. The number of para-hydroxylation sites is 2. The average Bonchev–Trinajstić information content (AvgIpc) is 2.71. The number of rotatable bonds is 6. The summed E-state index contributed by atoms with van der Waals surface area (Å²) in [5.74, 6) is 0.858. The molecule has 1 aromatic heterocycles. The topological polar surface area (TPSA) is 50.3 Å². The van der Waals surface area contributed by atoms with E-state index in [4.69, 9.17) is 26.3 Å². The Morgan fingerprint density at radius 1 is 0.963 bits per heavy atom. The van der Waals surface area contributed by atoms with E-state index in [0.29, 0.717) is 0 Å². The maximum atomic E-state index is 6.01. The smallest absolute Gasteiger partial charge is 0.148 e. The molecule has 4 rings (SSSR count). The number of benzene rings is 2. The third-order valence-corrected chi connectivity index (χ3v) is 5.00. The molecule has 2 aromatic carbocycles. The Labute approximate surface area is 164 Å². The van der Waals surface area contributed by atoms with Crippen LogP contribution < -0.4 is 5.32 Å². The lowest BCUT2D eigenvalue weighted by atomic mass is 10.1. The van der Waals surface area contributed by atoms with Crippen LogP contribution in [-0.4, -0.2) is 54.3 Å². The van der Waals surface area contributed by atoms with Crippen LogP contribution in [-0.2, 0) is 11.2 Å². The second-order valence-electron chi connectivity index (χ2n) is 6.69. The van der Waals surface area contributed by atoms with Crippen molar-refractivity contribution in [1.29, 1.82) is 0 Å². The van der Waals surface area contributed by atoms with Crippen LogP contribution >= 0.6 is 11.6 Å². The molecule has 0 spiro atoms. The number of fused-ring (bicyclic) bond motifs is 1. The molecule has 1 N–H and O–H groups in total. The molecule has 6 heteroatoms. The van der Waals surface area contributed by atoms with Crippen molar-refractivity contribution in [2.45, 2.75) is 6.42 Å². The van der Waals surface area contributed by atoms with Crippen molar-refractivity contribution >= 4 is 28.5 Å². The summed E-state index contributed by atoms with van der Waals surface area (Å²) in [4.78, 5) is 12.1. The van der Waals surface area contributed by atoms with Gasteiger partial charge in [0, 0.05) is 37.6 Å². The van der Waals surface area contributed by atoms with Gasteiger partial charge in [0.1, 0.15) is 5.82 Å². The molecule has 0 atom stereocenters. The van der Waals surface area contributed by atoms with E-state index in [1.807, 2.05) is 48.5 Å². The lowest BCUT2D eigenvalue weighted by Gasteiger charge is -2.26. The Morgan fingerprint density at radius 3 is 2.41 bits per heavy atom. The highest BCUT2D eigenvalue weighted by molar-refractivity contribution is 6.30. The molecule has 0 radical (unpaired) electrons. The standard InChI is InChI=1S/C21H23ClN4O/c22-17-7-5-16(6-8-17)15-20-21(23-9-10-26-11-13-27-14-12-26)25-19-4-2-1-3-18(19)24-20/h1-8H,9-15H2,(H,23,25). The SMILES string of the molecule is Clc1ccc(Cc2nc3ccccc3nc2NCCN2CCOCC2)cc1. The molecule has 1 saturated heterocycles. The van der Waals surface area contributed by atoms with Gasteiger partial charge in [-0.1, -0.05) is 35.9 Å². The van der Waals surface area contributed by atoms with Crippen molar-refractivity contribution in [3.63, 3.8) is 0 Å². The first kappa shape index (κ1) is 18.2. The van der Waals surface area contributed by atoms with Crippen LogP contribution in [0.4, 0.5) is 5.82 Å². The maximum Gasteiger partial charge on any atom is 0.148 e. The number of hydrogen-bond acceptors (Lipinski definition) is 5. The molecule has 1 fully saturated rings. The fourth-order valence-corrected chi connectivity index (χ4v) is 3.38. The number of halogens is 1. The highest BCUT2D eigenvalue weighted by atomic mass is 35.5. The molecule has 1 aliphatic heterocycles. The molecule has 5 nitrogen and oxygen atoms in total. The van der Waals surface area contributed by atoms with Gasteiger partial charge < -0.3 is 10.1 Å². The third kappa shape index (κ3) is 4.75. The highest BCUT2D eigenvalue weighted by Crippen LogP contribution is 2.21. The Morgan fingerprint density at radius 2 is 1.67 bits per heavy atom. The van der Waals surface area contributed by atoms with Gasteiger partial charge in [0.25, 0.3) is 0 Å². The van der Waals surface area contributed by atoms with Gasteiger partial charge in [-0.05, 0) is 29.8 Å². The number of morpholine rings is 1. The molecule has 0 aliphatic carbocycles. The summed E-state index contributed by atoms with van der Waals surface area (Å²) in [6.07, 6.45) is 0.717. The van der Waals surface area contributed by atoms with E-state index in [1.165, 1.54) is 5.56 Å². The Kier molecular flexibility index (Phi) is 5.82. The number of ether oxygens (including phenoxy) is 1. The van der Waals surface area contributed by atoms with Gasteiger partial charge in [0.05, 0.1) is 29.9 Å².